The third kappa shape index (κ3) is 4.78. The molecule has 0 aliphatic rings. The Bertz CT molecular complexity index is 1330. The van der Waals surface area contributed by atoms with Crippen LogP contribution in [-0.4, -0.2) is 9.49 Å². The summed E-state index contributed by atoms with van der Waals surface area (Å²) in [6, 6.07) is 20.6. The van der Waals surface area contributed by atoms with E-state index in [0.717, 1.165) is 17.7 Å². The Kier molecular flexibility index (Phi) is 5.91. The van der Waals surface area contributed by atoms with Crippen LogP contribution in [0, 0.1) is 10.1 Å². The number of hydrogen-bond donors (Lipinski definition) is 0. The fourth-order valence-corrected chi connectivity index (χ4v) is 4.14. The van der Waals surface area contributed by atoms with Gasteiger partial charge in [-0.2, -0.15) is 13.2 Å². The van der Waals surface area contributed by atoms with E-state index in [2.05, 4.69) is 4.99 Å². The van der Waals surface area contributed by atoms with Crippen LogP contribution in [0.15, 0.2) is 89.2 Å². The summed E-state index contributed by atoms with van der Waals surface area (Å²) in [5.74, 6) is 0. The minimum Gasteiger partial charge on any atom is -0.312 e. The number of alkyl halides is 3. The Morgan fingerprint density at radius 3 is 2.44 bits per heavy atom. The lowest BCUT2D eigenvalue weighted by atomic mass is 10.1. The molecule has 4 aromatic rings. The summed E-state index contributed by atoms with van der Waals surface area (Å²) < 4.78 is 41.2. The molecule has 0 saturated carbocycles. The number of halogens is 3. The molecular formula is C23H16F3N3O2S. The van der Waals surface area contributed by atoms with Gasteiger partial charge in [0.1, 0.15) is 0 Å². The fourth-order valence-electron chi connectivity index (χ4n) is 3.21. The molecule has 1 heterocycles. The smallest absolute Gasteiger partial charge is 0.312 e. The van der Waals surface area contributed by atoms with Crippen LogP contribution in [0.2, 0.25) is 0 Å². The number of benzene rings is 3. The van der Waals surface area contributed by atoms with E-state index in [1.165, 1.54) is 35.6 Å². The highest BCUT2D eigenvalue weighted by atomic mass is 32.1. The molecule has 162 valence electrons. The summed E-state index contributed by atoms with van der Waals surface area (Å²) in [7, 11) is 0. The normalized spacial score (nSPS) is 12.2. The number of hydrogen-bond acceptors (Lipinski definition) is 4. The van der Waals surface area contributed by atoms with Crippen molar-refractivity contribution >= 4 is 22.7 Å². The highest BCUT2D eigenvalue weighted by Crippen LogP contribution is 2.31. The van der Waals surface area contributed by atoms with Crippen molar-refractivity contribution < 1.29 is 18.1 Å². The van der Waals surface area contributed by atoms with E-state index < -0.39 is 16.7 Å². The van der Waals surface area contributed by atoms with Crippen LogP contribution in [-0.2, 0) is 12.7 Å². The summed E-state index contributed by atoms with van der Waals surface area (Å²) in [4.78, 5) is 15.7. The lowest BCUT2D eigenvalue weighted by Gasteiger charge is -2.10. The van der Waals surface area contributed by atoms with Crippen LogP contribution in [0.4, 0.5) is 24.5 Å². The van der Waals surface area contributed by atoms with Gasteiger partial charge in [-0.3, -0.25) is 10.1 Å². The quantitative estimate of drug-likeness (QED) is 0.257. The standard InChI is InChI=1S/C23H16F3N3O2S/c24-23(25,26)18-9-5-10-19(13-18)27-22-28(14-16-6-2-1-3-7-16)21(15-32-22)17-8-4-11-20(12-17)29(30)31/h1-13,15H,14H2. The van der Waals surface area contributed by atoms with E-state index in [1.807, 2.05) is 34.9 Å². The molecule has 5 nitrogen and oxygen atoms in total. The SMILES string of the molecule is O=[N+]([O-])c1cccc(-c2csc(=Nc3cccc(C(F)(F)F)c3)n2Cc2ccccc2)c1. The Morgan fingerprint density at radius 1 is 0.969 bits per heavy atom. The number of nitro groups is 1. The van der Waals surface area contributed by atoms with Crippen molar-refractivity contribution in [2.24, 2.45) is 4.99 Å². The predicted octanol–water partition coefficient (Wildman–Crippen LogP) is 6.42. The van der Waals surface area contributed by atoms with Crippen LogP contribution >= 0.6 is 11.3 Å². The highest BCUT2D eigenvalue weighted by molar-refractivity contribution is 7.07. The number of thiazole rings is 1. The topological polar surface area (TPSA) is 60.4 Å². The summed E-state index contributed by atoms with van der Waals surface area (Å²) in [5.41, 5.74) is 1.63. The third-order valence-corrected chi connectivity index (χ3v) is 5.60. The van der Waals surface area contributed by atoms with Crippen molar-refractivity contribution in [2.75, 3.05) is 0 Å². The second-order valence-electron chi connectivity index (χ2n) is 6.94. The molecule has 0 N–H and O–H groups in total. The fraction of sp³-hybridized carbons (Fsp3) is 0.0870. The van der Waals surface area contributed by atoms with Crippen LogP contribution < -0.4 is 4.80 Å². The first-order valence-electron chi connectivity index (χ1n) is 9.50. The first-order chi connectivity index (χ1) is 15.3. The minimum atomic E-state index is -4.46. The molecule has 0 saturated heterocycles. The second-order valence-corrected chi connectivity index (χ2v) is 7.78. The molecule has 0 unspecified atom stereocenters. The summed E-state index contributed by atoms with van der Waals surface area (Å²) in [6.07, 6.45) is -4.46. The maximum atomic E-state index is 13.1. The molecule has 32 heavy (non-hydrogen) atoms. The Balaban J connectivity index is 1.86. The van der Waals surface area contributed by atoms with E-state index in [4.69, 9.17) is 0 Å². The van der Waals surface area contributed by atoms with Crippen molar-refractivity contribution in [1.29, 1.82) is 0 Å². The zero-order valence-corrected chi connectivity index (χ0v) is 17.3. The van der Waals surface area contributed by atoms with E-state index in [0.29, 0.717) is 22.6 Å². The Labute approximate surface area is 184 Å². The molecule has 0 radical (unpaired) electrons. The molecule has 0 fully saturated rings. The molecule has 9 heteroatoms. The van der Waals surface area contributed by atoms with Gasteiger partial charge < -0.3 is 4.57 Å². The van der Waals surface area contributed by atoms with Crippen molar-refractivity contribution in [2.45, 2.75) is 12.7 Å². The molecule has 3 aromatic carbocycles. The zero-order chi connectivity index (χ0) is 22.7. The zero-order valence-electron chi connectivity index (χ0n) is 16.5. The number of nitrogens with zero attached hydrogens (tertiary/aromatic N) is 3. The predicted molar refractivity (Wildman–Crippen MR) is 117 cm³/mol. The third-order valence-electron chi connectivity index (χ3n) is 4.73. The minimum absolute atomic E-state index is 0.0451. The Hall–Kier alpha value is -3.72. The number of non-ortho nitro benzene ring substituents is 1. The van der Waals surface area contributed by atoms with Gasteiger partial charge >= 0.3 is 6.18 Å². The summed E-state index contributed by atoms with van der Waals surface area (Å²) in [6.45, 7) is 0.403. The monoisotopic (exact) mass is 455 g/mol. The van der Waals surface area contributed by atoms with Gasteiger partial charge in [0.15, 0.2) is 4.80 Å². The summed E-state index contributed by atoms with van der Waals surface area (Å²) in [5, 5.41) is 13.0. The van der Waals surface area contributed by atoms with Gasteiger partial charge in [0.25, 0.3) is 5.69 Å². The number of aromatic nitrogens is 1. The van der Waals surface area contributed by atoms with Gasteiger partial charge in [0, 0.05) is 23.1 Å². The van der Waals surface area contributed by atoms with Crippen LogP contribution in [0.1, 0.15) is 11.1 Å². The molecule has 0 amide bonds. The lowest BCUT2D eigenvalue weighted by molar-refractivity contribution is -0.384. The average Bonchev–Trinajstić information content (AvgIpc) is 3.16. The van der Waals surface area contributed by atoms with Gasteiger partial charge in [-0.05, 0) is 23.8 Å². The maximum Gasteiger partial charge on any atom is 0.416 e. The average molecular weight is 455 g/mol. The van der Waals surface area contributed by atoms with E-state index >= 15 is 0 Å². The van der Waals surface area contributed by atoms with Crippen molar-refractivity contribution in [1.82, 2.24) is 4.57 Å². The molecule has 4 rings (SSSR count). The first kappa shape index (κ1) is 21.5. The van der Waals surface area contributed by atoms with Crippen LogP contribution in [0.25, 0.3) is 11.3 Å². The molecule has 1 aromatic heterocycles. The molecular weight excluding hydrogens is 439 g/mol. The first-order valence-corrected chi connectivity index (χ1v) is 10.4. The lowest BCUT2D eigenvalue weighted by Crippen LogP contribution is -2.16. The van der Waals surface area contributed by atoms with Crippen LogP contribution in [0.5, 0.6) is 0 Å². The molecule has 0 aliphatic carbocycles. The van der Waals surface area contributed by atoms with Gasteiger partial charge in [-0.1, -0.05) is 48.5 Å². The maximum absolute atomic E-state index is 13.1. The molecule has 0 atom stereocenters. The van der Waals surface area contributed by atoms with E-state index in [9.17, 15) is 23.3 Å². The van der Waals surface area contributed by atoms with Gasteiger partial charge in [-0.15, -0.1) is 11.3 Å². The number of nitro benzene ring substituents is 1. The molecule has 0 bridgehead atoms. The van der Waals surface area contributed by atoms with Crippen molar-refractivity contribution in [3.8, 4) is 11.3 Å². The second kappa shape index (κ2) is 8.80. The van der Waals surface area contributed by atoms with E-state index in [1.54, 1.807) is 17.5 Å². The summed E-state index contributed by atoms with van der Waals surface area (Å²) >= 11 is 1.26. The Morgan fingerprint density at radius 2 is 1.72 bits per heavy atom. The molecule has 0 aliphatic heterocycles. The highest BCUT2D eigenvalue weighted by Gasteiger charge is 2.30. The van der Waals surface area contributed by atoms with Crippen LogP contribution in [0.3, 0.4) is 0 Å². The van der Waals surface area contributed by atoms with Gasteiger partial charge in [0.2, 0.25) is 0 Å². The van der Waals surface area contributed by atoms with Crippen molar-refractivity contribution in [3.63, 3.8) is 0 Å². The van der Waals surface area contributed by atoms with Gasteiger partial charge in [0.05, 0.1) is 28.4 Å². The van der Waals surface area contributed by atoms with Gasteiger partial charge in [-0.25, -0.2) is 4.99 Å². The van der Waals surface area contributed by atoms with Crippen molar-refractivity contribution in [3.05, 3.63) is 110 Å². The number of rotatable bonds is 5. The molecule has 0 spiro atoms. The largest absolute Gasteiger partial charge is 0.416 e. The van der Waals surface area contributed by atoms with E-state index in [-0.39, 0.29) is 11.4 Å².